The first-order valence-corrected chi connectivity index (χ1v) is 13.9. The monoisotopic (exact) mass is 558 g/mol. The molecule has 10 heteroatoms. The van der Waals surface area contributed by atoms with Crippen LogP contribution in [0.25, 0.3) is 11.2 Å². The Bertz CT molecular complexity index is 1480. The summed E-state index contributed by atoms with van der Waals surface area (Å²) in [7, 11) is 1.61. The molecule has 0 fully saturated rings. The van der Waals surface area contributed by atoms with Crippen molar-refractivity contribution in [3.05, 3.63) is 114 Å². The van der Waals surface area contributed by atoms with Gasteiger partial charge >= 0.3 is 0 Å². The summed E-state index contributed by atoms with van der Waals surface area (Å²) in [5, 5.41) is 22.5. The van der Waals surface area contributed by atoms with Gasteiger partial charge in [-0.15, -0.1) is 11.8 Å². The van der Waals surface area contributed by atoms with Gasteiger partial charge in [0.25, 0.3) is 0 Å². The van der Waals surface area contributed by atoms with Gasteiger partial charge in [-0.3, -0.25) is 4.57 Å². The van der Waals surface area contributed by atoms with Crippen LogP contribution in [0.1, 0.15) is 16.7 Å². The van der Waals surface area contributed by atoms with Gasteiger partial charge in [0.15, 0.2) is 11.9 Å². The molecule has 2 atom stereocenters. The van der Waals surface area contributed by atoms with Crippen LogP contribution in [-0.2, 0) is 21.8 Å². The Hall–Kier alpha value is -3.80. The van der Waals surface area contributed by atoms with Gasteiger partial charge in [0.05, 0.1) is 20.0 Å². The number of thioether (sulfide) groups is 1. The molecule has 0 saturated carbocycles. The molecule has 2 unspecified atom stereocenters. The fourth-order valence-electron chi connectivity index (χ4n) is 4.64. The highest BCUT2D eigenvalue weighted by Crippen LogP contribution is 2.42. The zero-order valence-corrected chi connectivity index (χ0v) is 22.9. The average molecular weight is 559 g/mol. The topological polar surface area (TPSA) is 112 Å². The van der Waals surface area contributed by atoms with E-state index < -0.39 is 24.6 Å². The summed E-state index contributed by atoms with van der Waals surface area (Å²) in [4.78, 5) is 13.0. The van der Waals surface area contributed by atoms with Gasteiger partial charge in [-0.1, -0.05) is 72.8 Å². The van der Waals surface area contributed by atoms with E-state index in [1.165, 1.54) is 18.1 Å². The SMILES string of the molecule is COc1ccc(C(OC(O)C(CO)OCn2cnc3c(SC)ncnc32)(c2ccccc2)c2ccccc2)cc1. The fraction of sp³-hybridized carbons (Fsp3) is 0.233. The van der Waals surface area contributed by atoms with Gasteiger partial charge in [0.2, 0.25) is 0 Å². The molecule has 0 spiro atoms. The number of aliphatic hydroxyl groups excluding tert-OH is 2. The van der Waals surface area contributed by atoms with Gasteiger partial charge in [0.1, 0.15) is 41.1 Å². The van der Waals surface area contributed by atoms with Crippen molar-refractivity contribution in [3.8, 4) is 5.75 Å². The highest BCUT2D eigenvalue weighted by atomic mass is 32.2. The van der Waals surface area contributed by atoms with Crippen LogP contribution < -0.4 is 4.74 Å². The van der Waals surface area contributed by atoms with Crippen molar-refractivity contribution in [2.75, 3.05) is 20.0 Å². The molecule has 0 bridgehead atoms. The second-order valence-corrected chi connectivity index (χ2v) is 9.73. The van der Waals surface area contributed by atoms with Crippen LogP contribution in [0.5, 0.6) is 5.75 Å². The zero-order chi connectivity index (χ0) is 28.0. The number of ether oxygens (including phenoxy) is 3. The third-order valence-electron chi connectivity index (χ3n) is 6.64. The Kier molecular flexibility index (Phi) is 8.73. The van der Waals surface area contributed by atoms with Crippen molar-refractivity contribution in [3.63, 3.8) is 0 Å². The van der Waals surface area contributed by atoms with Crippen LogP contribution in [0.3, 0.4) is 0 Å². The first-order chi connectivity index (χ1) is 19.6. The fourth-order valence-corrected chi connectivity index (χ4v) is 5.13. The largest absolute Gasteiger partial charge is 0.497 e. The third-order valence-corrected chi connectivity index (χ3v) is 7.33. The summed E-state index contributed by atoms with van der Waals surface area (Å²) < 4.78 is 19.6. The number of nitrogens with zero attached hydrogens (tertiary/aromatic N) is 4. The van der Waals surface area contributed by atoms with Crippen LogP contribution in [0.2, 0.25) is 0 Å². The molecule has 9 nitrogen and oxygen atoms in total. The lowest BCUT2D eigenvalue weighted by Gasteiger charge is -2.39. The van der Waals surface area contributed by atoms with Gasteiger partial charge in [-0.05, 0) is 35.1 Å². The van der Waals surface area contributed by atoms with Crippen LogP contribution in [-0.4, -0.2) is 62.1 Å². The van der Waals surface area contributed by atoms with E-state index in [4.69, 9.17) is 14.2 Å². The predicted molar refractivity (Wildman–Crippen MR) is 152 cm³/mol. The van der Waals surface area contributed by atoms with E-state index in [-0.39, 0.29) is 6.73 Å². The molecule has 2 N–H and O–H groups in total. The Labute approximate surface area is 236 Å². The second-order valence-electron chi connectivity index (χ2n) is 8.94. The van der Waals surface area contributed by atoms with Crippen LogP contribution >= 0.6 is 11.8 Å². The quantitative estimate of drug-likeness (QED) is 0.101. The molecule has 3 aromatic carbocycles. The summed E-state index contributed by atoms with van der Waals surface area (Å²) in [6.07, 6.45) is 2.39. The molecular formula is C30H30N4O5S. The number of aromatic nitrogens is 4. The number of rotatable bonds is 12. The maximum Gasteiger partial charge on any atom is 0.185 e. The van der Waals surface area contributed by atoms with Crippen molar-refractivity contribution in [2.24, 2.45) is 0 Å². The van der Waals surface area contributed by atoms with Crippen molar-refractivity contribution >= 4 is 22.9 Å². The van der Waals surface area contributed by atoms with Crippen molar-refractivity contribution in [1.29, 1.82) is 0 Å². The Balaban J connectivity index is 1.50. The molecule has 40 heavy (non-hydrogen) atoms. The molecule has 5 aromatic rings. The molecule has 0 amide bonds. The Morgan fingerprint density at radius 3 is 2.08 bits per heavy atom. The molecule has 0 radical (unpaired) electrons. The first-order valence-electron chi connectivity index (χ1n) is 12.6. The third kappa shape index (κ3) is 5.45. The number of methoxy groups -OCH3 is 1. The molecule has 0 aliphatic carbocycles. The lowest BCUT2D eigenvalue weighted by molar-refractivity contribution is -0.231. The van der Waals surface area contributed by atoms with Gasteiger partial charge < -0.3 is 24.4 Å². The van der Waals surface area contributed by atoms with Gasteiger partial charge in [0, 0.05) is 0 Å². The maximum absolute atomic E-state index is 11.5. The minimum Gasteiger partial charge on any atom is -0.497 e. The summed E-state index contributed by atoms with van der Waals surface area (Å²) >= 11 is 1.47. The van der Waals surface area contributed by atoms with Crippen molar-refractivity contribution in [2.45, 2.75) is 29.8 Å². The summed E-state index contributed by atoms with van der Waals surface area (Å²) in [6, 6.07) is 26.8. The van der Waals surface area contributed by atoms with Gasteiger partial charge in [-0.2, -0.15) is 0 Å². The van der Waals surface area contributed by atoms with Crippen molar-refractivity contribution < 1.29 is 24.4 Å². The molecule has 2 heterocycles. The Morgan fingerprint density at radius 1 is 0.875 bits per heavy atom. The Morgan fingerprint density at radius 2 is 1.50 bits per heavy atom. The lowest BCUT2D eigenvalue weighted by Crippen LogP contribution is -2.43. The number of imidazole rings is 1. The highest BCUT2D eigenvalue weighted by Gasteiger charge is 2.41. The molecular weight excluding hydrogens is 528 g/mol. The number of benzene rings is 3. The standard InChI is InChI=1S/C30H30N4O5S/c1-37-24-15-13-23(14-16-24)30(21-9-5-3-6-10-21,22-11-7-4-8-12-22)39-29(36)25(17-35)38-20-34-19-33-26-27(34)31-18-32-28(26)40-2/h3-16,18-19,25,29,35-36H,17,20H2,1-2H3. The highest BCUT2D eigenvalue weighted by molar-refractivity contribution is 7.98. The normalized spacial score (nSPS) is 13.3. The van der Waals surface area contributed by atoms with Crippen LogP contribution in [0.4, 0.5) is 0 Å². The number of aliphatic hydroxyl groups is 2. The summed E-state index contributed by atoms with van der Waals surface area (Å²) in [5.74, 6) is 0.692. The summed E-state index contributed by atoms with van der Waals surface area (Å²) in [6.45, 7) is -0.500. The summed E-state index contributed by atoms with van der Waals surface area (Å²) in [5.41, 5.74) is 2.37. The van der Waals surface area contributed by atoms with E-state index in [0.717, 1.165) is 21.7 Å². The molecule has 0 saturated heterocycles. The van der Waals surface area contributed by atoms with Crippen LogP contribution in [0, 0.1) is 0 Å². The van der Waals surface area contributed by atoms with Crippen molar-refractivity contribution in [1.82, 2.24) is 19.5 Å². The van der Waals surface area contributed by atoms with E-state index in [1.54, 1.807) is 18.0 Å². The van der Waals surface area contributed by atoms with E-state index in [0.29, 0.717) is 16.9 Å². The van der Waals surface area contributed by atoms with Gasteiger partial charge in [-0.25, -0.2) is 15.0 Å². The number of fused-ring (bicyclic) bond motifs is 1. The number of hydrogen-bond donors (Lipinski definition) is 2. The second kappa shape index (κ2) is 12.6. The molecule has 0 aliphatic heterocycles. The van der Waals surface area contributed by atoms with E-state index in [1.807, 2.05) is 91.2 Å². The minimum atomic E-state index is -1.52. The first kappa shape index (κ1) is 27.8. The van der Waals surface area contributed by atoms with E-state index >= 15 is 0 Å². The maximum atomic E-state index is 11.5. The predicted octanol–water partition coefficient (Wildman–Crippen LogP) is 4.22. The molecule has 0 aliphatic rings. The zero-order valence-electron chi connectivity index (χ0n) is 22.1. The number of hydrogen-bond acceptors (Lipinski definition) is 9. The molecule has 2 aromatic heterocycles. The minimum absolute atomic E-state index is 0.0147. The van der Waals surface area contributed by atoms with E-state index in [9.17, 15) is 10.2 Å². The van der Waals surface area contributed by atoms with E-state index in [2.05, 4.69) is 15.0 Å². The van der Waals surface area contributed by atoms with Crippen LogP contribution in [0.15, 0.2) is 103 Å². The molecule has 5 rings (SSSR count). The lowest BCUT2D eigenvalue weighted by atomic mass is 9.80. The molecule has 206 valence electrons. The average Bonchev–Trinajstić information content (AvgIpc) is 3.44. The smallest absolute Gasteiger partial charge is 0.185 e.